The molecule has 1 N–H and O–H groups in total. The minimum absolute atomic E-state index is 0.0115. The maximum Gasteiger partial charge on any atom is 0.254 e. The number of amides is 2. The van der Waals surface area contributed by atoms with E-state index in [0.29, 0.717) is 23.6 Å². The summed E-state index contributed by atoms with van der Waals surface area (Å²) in [7, 11) is 1.56. The fourth-order valence-corrected chi connectivity index (χ4v) is 1.73. The van der Waals surface area contributed by atoms with Crippen molar-refractivity contribution in [2.45, 2.75) is 20.8 Å². The van der Waals surface area contributed by atoms with Crippen LogP contribution in [-0.4, -0.2) is 36.9 Å². The van der Waals surface area contributed by atoms with Crippen molar-refractivity contribution in [1.82, 2.24) is 10.2 Å². The normalized spacial score (nSPS) is 10.5. The van der Waals surface area contributed by atoms with E-state index in [2.05, 4.69) is 5.32 Å². The van der Waals surface area contributed by atoms with Gasteiger partial charge >= 0.3 is 0 Å². The highest BCUT2D eigenvalue weighted by atomic mass is 19.1. The Labute approximate surface area is 119 Å². The minimum atomic E-state index is -0.378. The molecule has 5 heteroatoms. The van der Waals surface area contributed by atoms with Crippen LogP contribution in [0.3, 0.4) is 0 Å². The van der Waals surface area contributed by atoms with Crippen LogP contribution >= 0.6 is 0 Å². The van der Waals surface area contributed by atoms with Gasteiger partial charge in [0.1, 0.15) is 5.82 Å². The second-order valence-electron chi connectivity index (χ2n) is 5.32. The number of benzene rings is 1. The molecule has 0 aromatic heterocycles. The SMILES string of the molecule is Cc1cc(F)ccc1C(=O)N(C)CC(=O)NCC(C)C. The van der Waals surface area contributed by atoms with E-state index in [4.69, 9.17) is 0 Å². The molecule has 4 nitrogen and oxygen atoms in total. The van der Waals surface area contributed by atoms with Crippen molar-refractivity contribution in [2.75, 3.05) is 20.1 Å². The first kappa shape index (κ1) is 16.1. The Kier molecular flexibility index (Phi) is 5.67. The van der Waals surface area contributed by atoms with Gasteiger partial charge in [0.25, 0.3) is 5.91 Å². The smallest absolute Gasteiger partial charge is 0.254 e. The summed E-state index contributed by atoms with van der Waals surface area (Å²) < 4.78 is 13.0. The van der Waals surface area contributed by atoms with Crippen molar-refractivity contribution in [3.63, 3.8) is 0 Å². The molecule has 0 saturated carbocycles. The maximum atomic E-state index is 13.0. The van der Waals surface area contributed by atoms with Crippen LogP contribution in [0, 0.1) is 18.7 Å². The third-order valence-electron chi connectivity index (χ3n) is 2.85. The Hall–Kier alpha value is -1.91. The second-order valence-corrected chi connectivity index (χ2v) is 5.32. The lowest BCUT2D eigenvalue weighted by Crippen LogP contribution is -2.39. The van der Waals surface area contributed by atoms with Gasteiger partial charge in [-0.15, -0.1) is 0 Å². The molecule has 0 aliphatic heterocycles. The lowest BCUT2D eigenvalue weighted by Gasteiger charge is -2.18. The minimum Gasteiger partial charge on any atom is -0.354 e. The van der Waals surface area contributed by atoms with Crippen LogP contribution in [0.15, 0.2) is 18.2 Å². The zero-order valence-corrected chi connectivity index (χ0v) is 12.4. The summed E-state index contributed by atoms with van der Waals surface area (Å²) in [6.07, 6.45) is 0. The summed E-state index contributed by atoms with van der Waals surface area (Å²) in [6.45, 7) is 6.23. The number of nitrogens with zero attached hydrogens (tertiary/aromatic N) is 1. The highest BCUT2D eigenvalue weighted by Crippen LogP contribution is 2.12. The van der Waals surface area contributed by atoms with Crippen LogP contribution in [0.5, 0.6) is 0 Å². The highest BCUT2D eigenvalue weighted by molar-refractivity contribution is 5.97. The van der Waals surface area contributed by atoms with Gasteiger partial charge in [0, 0.05) is 19.2 Å². The summed E-state index contributed by atoms with van der Waals surface area (Å²) in [5.41, 5.74) is 0.968. The van der Waals surface area contributed by atoms with Crippen molar-refractivity contribution in [2.24, 2.45) is 5.92 Å². The number of likely N-dealkylation sites (N-methyl/N-ethyl adjacent to an activating group) is 1. The van der Waals surface area contributed by atoms with Crippen molar-refractivity contribution in [3.8, 4) is 0 Å². The predicted molar refractivity (Wildman–Crippen MR) is 75.9 cm³/mol. The Morgan fingerprint density at radius 2 is 2.00 bits per heavy atom. The molecule has 0 heterocycles. The van der Waals surface area contributed by atoms with Gasteiger partial charge in [-0.05, 0) is 36.6 Å². The van der Waals surface area contributed by atoms with Crippen LogP contribution in [0.2, 0.25) is 0 Å². The fraction of sp³-hybridized carbons (Fsp3) is 0.467. The molecule has 0 spiro atoms. The molecule has 2 amide bonds. The molecule has 0 bridgehead atoms. The molecule has 0 unspecified atom stereocenters. The summed E-state index contributed by atoms with van der Waals surface area (Å²) in [5, 5.41) is 2.75. The summed E-state index contributed by atoms with van der Waals surface area (Å²) in [4.78, 5) is 25.2. The molecule has 0 saturated heterocycles. The average molecular weight is 280 g/mol. The quantitative estimate of drug-likeness (QED) is 0.896. The standard InChI is InChI=1S/C15H21FN2O2/c1-10(2)8-17-14(19)9-18(4)15(20)13-6-5-12(16)7-11(13)3/h5-7,10H,8-9H2,1-4H3,(H,17,19). The molecule has 20 heavy (non-hydrogen) atoms. The van der Waals surface area contributed by atoms with Crippen LogP contribution in [0.25, 0.3) is 0 Å². The zero-order chi connectivity index (χ0) is 15.3. The van der Waals surface area contributed by atoms with Gasteiger partial charge < -0.3 is 10.2 Å². The highest BCUT2D eigenvalue weighted by Gasteiger charge is 2.17. The van der Waals surface area contributed by atoms with E-state index in [-0.39, 0.29) is 24.2 Å². The van der Waals surface area contributed by atoms with E-state index < -0.39 is 0 Å². The van der Waals surface area contributed by atoms with E-state index >= 15 is 0 Å². The molecule has 0 fully saturated rings. The van der Waals surface area contributed by atoms with Crippen molar-refractivity contribution < 1.29 is 14.0 Å². The number of hydrogen-bond donors (Lipinski definition) is 1. The molecule has 110 valence electrons. The van der Waals surface area contributed by atoms with Gasteiger partial charge in [-0.25, -0.2) is 4.39 Å². The van der Waals surface area contributed by atoms with Crippen LogP contribution in [-0.2, 0) is 4.79 Å². The van der Waals surface area contributed by atoms with E-state index in [1.807, 2.05) is 13.8 Å². The predicted octanol–water partition coefficient (Wildman–Crippen LogP) is 1.98. The van der Waals surface area contributed by atoms with Crippen LogP contribution in [0.1, 0.15) is 29.8 Å². The van der Waals surface area contributed by atoms with E-state index in [1.165, 1.54) is 23.1 Å². The summed E-state index contributed by atoms with van der Waals surface area (Å²) >= 11 is 0. The number of nitrogens with one attached hydrogen (secondary N) is 1. The Morgan fingerprint density at radius 3 is 2.55 bits per heavy atom. The van der Waals surface area contributed by atoms with Gasteiger partial charge in [-0.1, -0.05) is 13.8 Å². The van der Waals surface area contributed by atoms with Gasteiger partial charge in [-0.3, -0.25) is 9.59 Å². The zero-order valence-electron chi connectivity index (χ0n) is 12.4. The van der Waals surface area contributed by atoms with Gasteiger partial charge in [0.15, 0.2) is 0 Å². The van der Waals surface area contributed by atoms with Crippen molar-refractivity contribution in [3.05, 3.63) is 35.1 Å². The molecule has 0 aliphatic rings. The second kappa shape index (κ2) is 7.03. The van der Waals surface area contributed by atoms with Crippen molar-refractivity contribution >= 4 is 11.8 Å². The molecular formula is C15H21FN2O2. The third-order valence-corrected chi connectivity index (χ3v) is 2.85. The van der Waals surface area contributed by atoms with E-state index in [1.54, 1.807) is 14.0 Å². The number of rotatable bonds is 5. The topological polar surface area (TPSA) is 49.4 Å². The lowest BCUT2D eigenvalue weighted by atomic mass is 10.1. The maximum absolute atomic E-state index is 13.0. The van der Waals surface area contributed by atoms with Gasteiger partial charge in [-0.2, -0.15) is 0 Å². The van der Waals surface area contributed by atoms with Gasteiger partial charge in [0.2, 0.25) is 5.91 Å². The Bertz CT molecular complexity index is 501. The Balaban J connectivity index is 2.65. The first-order valence-corrected chi connectivity index (χ1v) is 6.59. The number of carbonyl (C=O) groups excluding carboxylic acids is 2. The van der Waals surface area contributed by atoms with E-state index in [0.717, 1.165) is 0 Å². The summed E-state index contributed by atoms with van der Waals surface area (Å²) in [6, 6.07) is 3.99. The first-order chi connectivity index (χ1) is 9.31. The average Bonchev–Trinajstić information content (AvgIpc) is 2.35. The molecule has 0 radical (unpaired) electrons. The van der Waals surface area contributed by atoms with Crippen molar-refractivity contribution in [1.29, 1.82) is 0 Å². The third kappa shape index (κ3) is 4.64. The molecule has 1 aromatic carbocycles. The molecule has 1 aromatic rings. The first-order valence-electron chi connectivity index (χ1n) is 6.59. The lowest BCUT2D eigenvalue weighted by molar-refractivity contribution is -0.121. The monoisotopic (exact) mass is 280 g/mol. The molecule has 1 rings (SSSR count). The number of hydrogen-bond acceptors (Lipinski definition) is 2. The Morgan fingerprint density at radius 1 is 1.35 bits per heavy atom. The molecular weight excluding hydrogens is 259 g/mol. The number of halogens is 1. The molecule has 0 atom stereocenters. The molecule has 0 aliphatic carbocycles. The fourth-order valence-electron chi connectivity index (χ4n) is 1.73. The number of carbonyl (C=O) groups is 2. The van der Waals surface area contributed by atoms with E-state index in [9.17, 15) is 14.0 Å². The van der Waals surface area contributed by atoms with Crippen LogP contribution in [0.4, 0.5) is 4.39 Å². The largest absolute Gasteiger partial charge is 0.354 e. The summed E-state index contributed by atoms with van der Waals surface area (Å²) in [5.74, 6) is -0.507. The number of aryl methyl sites for hydroxylation is 1. The van der Waals surface area contributed by atoms with Crippen LogP contribution < -0.4 is 5.32 Å². The van der Waals surface area contributed by atoms with Gasteiger partial charge in [0.05, 0.1) is 6.54 Å².